The van der Waals surface area contributed by atoms with Crippen LogP contribution in [0.4, 0.5) is 27.6 Å². The smallest absolute Gasteiger partial charge is 0.273 e. The zero-order chi connectivity index (χ0) is 19.9. The Labute approximate surface area is 157 Å². The van der Waals surface area contributed by atoms with Gasteiger partial charge in [-0.05, 0) is 24.3 Å². The molecule has 0 unspecified atom stereocenters. The molecule has 1 heterocycles. The van der Waals surface area contributed by atoms with Crippen LogP contribution in [0.3, 0.4) is 0 Å². The van der Waals surface area contributed by atoms with Gasteiger partial charge in [-0.3, -0.25) is 9.89 Å². The van der Waals surface area contributed by atoms with Crippen molar-refractivity contribution in [3.05, 3.63) is 69.1 Å². The quantitative estimate of drug-likeness (QED) is 0.341. The fourth-order valence-electron chi connectivity index (χ4n) is 2.17. The lowest BCUT2D eigenvalue weighted by Gasteiger charge is -2.08. The Hall–Kier alpha value is -2.65. The molecule has 3 rings (SSSR count). The number of hydrogen-bond acceptors (Lipinski definition) is 2. The van der Waals surface area contributed by atoms with Crippen molar-refractivity contribution in [2.75, 3.05) is 5.32 Å². The number of nitrogens with one attached hydrogen (secondary N) is 2. The third kappa shape index (κ3) is 3.47. The van der Waals surface area contributed by atoms with Crippen LogP contribution in [-0.4, -0.2) is 16.1 Å². The Kier molecular flexibility index (Phi) is 5.07. The molecule has 2 aromatic carbocycles. The van der Waals surface area contributed by atoms with E-state index in [1.54, 1.807) is 5.32 Å². The molecule has 1 amide bonds. The molecule has 3 aromatic rings. The predicted molar refractivity (Wildman–Crippen MR) is 88.2 cm³/mol. The molecule has 0 aliphatic rings. The number of rotatable bonds is 3. The molecule has 0 aliphatic carbocycles. The first-order chi connectivity index (χ1) is 12.7. The van der Waals surface area contributed by atoms with Gasteiger partial charge >= 0.3 is 0 Å². The second kappa shape index (κ2) is 7.16. The summed E-state index contributed by atoms with van der Waals surface area (Å²) in [6.07, 6.45) is 0. The van der Waals surface area contributed by atoms with Gasteiger partial charge in [0.1, 0.15) is 11.4 Å². The first kappa shape index (κ1) is 19.1. The summed E-state index contributed by atoms with van der Waals surface area (Å²) in [4.78, 5) is 12.1. The van der Waals surface area contributed by atoms with Crippen molar-refractivity contribution in [1.29, 1.82) is 0 Å². The Morgan fingerprint density at radius 3 is 2.11 bits per heavy atom. The van der Waals surface area contributed by atoms with E-state index in [0.717, 1.165) is 0 Å². The van der Waals surface area contributed by atoms with Crippen molar-refractivity contribution >= 4 is 34.8 Å². The van der Waals surface area contributed by atoms with Gasteiger partial charge in [0.2, 0.25) is 5.82 Å². The van der Waals surface area contributed by atoms with E-state index in [1.165, 1.54) is 24.3 Å². The normalized spacial score (nSPS) is 10.9. The highest BCUT2D eigenvalue weighted by molar-refractivity contribution is 6.36. The standard InChI is InChI=1S/C16H6Cl2F5N3O/c17-5-1-2-6(7(18)3-5)8-4-9(26-25-8)16(27)24-15-13(22)11(20)10(19)12(21)14(15)23/h1-4H,(H,24,27)(H,25,26). The summed E-state index contributed by atoms with van der Waals surface area (Å²) >= 11 is 11.8. The molecule has 0 fully saturated rings. The van der Waals surface area contributed by atoms with Crippen molar-refractivity contribution in [3.8, 4) is 11.3 Å². The maximum atomic E-state index is 13.6. The first-order valence-electron chi connectivity index (χ1n) is 7.04. The zero-order valence-electron chi connectivity index (χ0n) is 12.8. The van der Waals surface area contributed by atoms with Crippen LogP contribution >= 0.6 is 23.2 Å². The van der Waals surface area contributed by atoms with Gasteiger partial charge in [-0.15, -0.1) is 0 Å². The number of nitrogens with zero attached hydrogens (tertiary/aromatic N) is 1. The lowest BCUT2D eigenvalue weighted by Crippen LogP contribution is -2.17. The molecular formula is C16H6Cl2F5N3O. The molecule has 0 saturated heterocycles. The molecule has 0 aliphatic heterocycles. The van der Waals surface area contributed by atoms with Gasteiger partial charge in [0.25, 0.3) is 5.91 Å². The molecule has 0 atom stereocenters. The highest BCUT2D eigenvalue weighted by atomic mass is 35.5. The van der Waals surface area contributed by atoms with Crippen LogP contribution in [0.25, 0.3) is 11.3 Å². The van der Waals surface area contributed by atoms with Gasteiger partial charge in [0.05, 0.1) is 10.7 Å². The first-order valence-corrected chi connectivity index (χ1v) is 7.80. The summed E-state index contributed by atoms with van der Waals surface area (Å²) < 4.78 is 66.7. The van der Waals surface area contributed by atoms with Crippen LogP contribution in [0, 0.1) is 29.1 Å². The SMILES string of the molecule is O=C(Nc1c(F)c(F)c(F)c(F)c1F)c1cc(-c2ccc(Cl)cc2Cl)n[nH]1. The van der Waals surface area contributed by atoms with Crippen molar-refractivity contribution < 1.29 is 26.7 Å². The lowest BCUT2D eigenvalue weighted by atomic mass is 10.1. The van der Waals surface area contributed by atoms with E-state index in [4.69, 9.17) is 23.2 Å². The number of H-pyrrole nitrogens is 1. The second-order valence-electron chi connectivity index (χ2n) is 5.19. The number of halogens is 7. The second-order valence-corrected chi connectivity index (χ2v) is 6.03. The molecule has 140 valence electrons. The minimum absolute atomic E-state index is 0.194. The molecule has 0 radical (unpaired) electrons. The van der Waals surface area contributed by atoms with Crippen molar-refractivity contribution in [2.45, 2.75) is 0 Å². The number of hydrogen-bond donors (Lipinski definition) is 2. The summed E-state index contributed by atoms with van der Waals surface area (Å²) in [5.41, 5.74) is -1.19. The summed E-state index contributed by atoms with van der Waals surface area (Å²) in [6.45, 7) is 0. The molecule has 0 bridgehead atoms. The van der Waals surface area contributed by atoms with Crippen LogP contribution in [0.15, 0.2) is 24.3 Å². The van der Waals surface area contributed by atoms with Crippen LogP contribution < -0.4 is 5.32 Å². The maximum Gasteiger partial charge on any atom is 0.273 e. The van der Waals surface area contributed by atoms with E-state index in [-0.39, 0.29) is 16.4 Å². The lowest BCUT2D eigenvalue weighted by molar-refractivity contribution is 0.102. The van der Waals surface area contributed by atoms with Gasteiger partial charge in [-0.25, -0.2) is 22.0 Å². The van der Waals surface area contributed by atoms with Gasteiger partial charge in [0, 0.05) is 10.6 Å². The topological polar surface area (TPSA) is 57.8 Å². The molecule has 11 heteroatoms. The van der Waals surface area contributed by atoms with Crippen molar-refractivity contribution in [2.24, 2.45) is 0 Å². The summed E-state index contributed by atoms with van der Waals surface area (Å²) in [5, 5.41) is 8.33. The fraction of sp³-hybridized carbons (Fsp3) is 0. The molecule has 4 nitrogen and oxygen atoms in total. The zero-order valence-corrected chi connectivity index (χ0v) is 14.3. The summed E-state index contributed by atoms with van der Waals surface area (Å²) in [5.74, 6) is -12.2. The minimum Gasteiger partial charge on any atom is -0.316 e. The van der Waals surface area contributed by atoms with Gasteiger partial charge in [-0.2, -0.15) is 5.10 Å². The average Bonchev–Trinajstić information content (AvgIpc) is 3.11. The summed E-state index contributed by atoms with van der Waals surface area (Å²) in [7, 11) is 0. The Morgan fingerprint density at radius 1 is 0.926 bits per heavy atom. The number of benzene rings is 2. The summed E-state index contributed by atoms with van der Waals surface area (Å²) in [6, 6.07) is 5.65. The third-order valence-electron chi connectivity index (χ3n) is 3.48. The molecule has 0 spiro atoms. The highest BCUT2D eigenvalue weighted by Gasteiger charge is 2.27. The molecule has 0 saturated carbocycles. The van der Waals surface area contributed by atoms with Crippen molar-refractivity contribution in [3.63, 3.8) is 0 Å². The maximum absolute atomic E-state index is 13.6. The Morgan fingerprint density at radius 2 is 1.52 bits per heavy atom. The Bertz CT molecular complexity index is 1040. The monoisotopic (exact) mass is 421 g/mol. The molecule has 2 N–H and O–H groups in total. The van der Waals surface area contributed by atoms with Crippen LogP contribution in [0.1, 0.15) is 10.5 Å². The highest BCUT2D eigenvalue weighted by Crippen LogP contribution is 2.30. The third-order valence-corrected chi connectivity index (χ3v) is 4.03. The predicted octanol–water partition coefficient (Wildman–Crippen LogP) is 5.33. The number of amides is 1. The van der Waals surface area contributed by atoms with Crippen LogP contribution in [0.2, 0.25) is 10.0 Å². The largest absolute Gasteiger partial charge is 0.316 e. The number of aromatic amines is 1. The van der Waals surface area contributed by atoms with Crippen LogP contribution in [0.5, 0.6) is 0 Å². The van der Waals surface area contributed by atoms with Crippen LogP contribution in [-0.2, 0) is 0 Å². The van der Waals surface area contributed by atoms with E-state index in [0.29, 0.717) is 10.6 Å². The number of carbonyl (C=O) groups excluding carboxylic acids is 1. The Balaban J connectivity index is 1.92. The average molecular weight is 422 g/mol. The molecule has 27 heavy (non-hydrogen) atoms. The van der Waals surface area contributed by atoms with E-state index in [9.17, 15) is 26.7 Å². The minimum atomic E-state index is -2.33. The van der Waals surface area contributed by atoms with E-state index in [2.05, 4.69) is 10.2 Å². The fourth-order valence-corrected chi connectivity index (χ4v) is 2.67. The molecular weight excluding hydrogens is 416 g/mol. The van der Waals surface area contributed by atoms with Gasteiger partial charge in [-0.1, -0.05) is 23.2 Å². The number of carbonyl (C=O) groups is 1. The van der Waals surface area contributed by atoms with E-state index in [1.807, 2.05) is 0 Å². The van der Waals surface area contributed by atoms with E-state index >= 15 is 0 Å². The van der Waals surface area contributed by atoms with Gasteiger partial charge < -0.3 is 5.32 Å². The van der Waals surface area contributed by atoms with Gasteiger partial charge in [0.15, 0.2) is 23.3 Å². The number of anilines is 1. The van der Waals surface area contributed by atoms with Crippen molar-refractivity contribution in [1.82, 2.24) is 10.2 Å². The number of aromatic nitrogens is 2. The molecule has 1 aromatic heterocycles. The van der Waals surface area contributed by atoms with E-state index < -0.39 is 40.7 Å².